The summed E-state index contributed by atoms with van der Waals surface area (Å²) < 4.78 is 0. The Morgan fingerprint density at radius 2 is 1.27 bits per heavy atom. The van der Waals surface area contributed by atoms with Gasteiger partial charge in [0.2, 0.25) is 11.8 Å². The zero-order chi connectivity index (χ0) is 18.5. The molecule has 2 atom stereocenters. The van der Waals surface area contributed by atoms with Crippen molar-refractivity contribution in [3.8, 4) is 0 Å². The van der Waals surface area contributed by atoms with Gasteiger partial charge in [0, 0.05) is 14.1 Å². The van der Waals surface area contributed by atoms with Gasteiger partial charge in [-0.3, -0.25) is 9.59 Å². The molecule has 2 N–H and O–H groups in total. The lowest BCUT2D eigenvalue weighted by Gasteiger charge is -2.26. The molecule has 0 aromatic heterocycles. The fourth-order valence-electron chi connectivity index (χ4n) is 3.46. The number of hydrogen-bond donors (Lipinski definition) is 2. The van der Waals surface area contributed by atoms with Gasteiger partial charge in [0.1, 0.15) is 0 Å². The molecule has 132 valence electrons. The average molecular weight is 346 g/mol. The van der Waals surface area contributed by atoms with E-state index in [1.807, 2.05) is 72.8 Å². The SMILES string of the molecule is CNC(=O)[C@H](c1ccccc1)[C@H](C(=O)NC)c1cccc2ccccc12. The fourth-order valence-corrected chi connectivity index (χ4v) is 3.46. The van der Waals surface area contributed by atoms with Gasteiger partial charge in [-0.1, -0.05) is 72.8 Å². The van der Waals surface area contributed by atoms with Crippen LogP contribution in [0, 0.1) is 0 Å². The number of nitrogens with one attached hydrogen (secondary N) is 2. The molecule has 0 unspecified atom stereocenters. The summed E-state index contributed by atoms with van der Waals surface area (Å²) in [5.74, 6) is -1.61. The molecule has 0 saturated carbocycles. The number of likely N-dealkylation sites (N-methyl/N-ethyl adjacent to an activating group) is 2. The predicted molar refractivity (Wildman–Crippen MR) is 104 cm³/mol. The van der Waals surface area contributed by atoms with Crippen LogP contribution in [0.3, 0.4) is 0 Å². The Kier molecular flexibility index (Phi) is 5.32. The molecule has 0 bridgehead atoms. The lowest BCUT2D eigenvalue weighted by Crippen LogP contribution is -2.37. The highest BCUT2D eigenvalue weighted by molar-refractivity contribution is 5.98. The summed E-state index contributed by atoms with van der Waals surface area (Å²) >= 11 is 0. The molecule has 2 amide bonds. The highest BCUT2D eigenvalue weighted by Crippen LogP contribution is 2.37. The molecule has 4 nitrogen and oxygen atoms in total. The van der Waals surface area contributed by atoms with Crippen LogP contribution >= 0.6 is 0 Å². The van der Waals surface area contributed by atoms with E-state index in [0.717, 1.165) is 21.9 Å². The van der Waals surface area contributed by atoms with Gasteiger partial charge < -0.3 is 10.6 Å². The highest BCUT2D eigenvalue weighted by Gasteiger charge is 2.36. The first-order valence-electron chi connectivity index (χ1n) is 8.63. The molecule has 0 heterocycles. The van der Waals surface area contributed by atoms with Crippen LogP contribution in [0.15, 0.2) is 72.8 Å². The quantitative estimate of drug-likeness (QED) is 0.745. The number of amides is 2. The maximum Gasteiger partial charge on any atom is 0.228 e. The predicted octanol–water partition coefficient (Wildman–Crippen LogP) is 3.20. The van der Waals surface area contributed by atoms with Gasteiger partial charge >= 0.3 is 0 Å². The topological polar surface area (TPSA) is 58.2 Å². The average Bonchev–Trinajstić information content (AvgIpc) is 2.71. The molecule has 26 heavy (non-hydrogen) atoms. The lowest BCUT2D eigenvalue weighted by molar-refractivity contribution is -0.128. The van der Waals surface area contributed by atoms with E-state index in [2.05, 4.69) is 10.6 Å². The molecule has 4 heteroatoms. The third-order valence-electron chi connectivity index (χ3n) is 4.71. The standard InChI is InChI=1S/C22H22N2O2/c1-23-21(25)19(16-10-4-3-5-11-16)20(22(26)24-2)18-14-8-12-15-9-6-7-13-17(15)18/h3-14,19-20H,1-2H3,(H,23,25)(H,24,26)/t19-,20-/m1/s1. The van der Waals surface area contributed by atoms with Crippen molar-refractivity contribution in [1.29, 1.82) is 0 Å². The Bertz CT molecular complexity index is 916. The fraction of sp³-hybridized carbons (Fsp3) is 0.182. The molecule has 3 aromatic carbocycles. The van der Waals surface area contributed by atoms with Gasteiger partial charge in [-0.05, 0) is 21.9 Å². The summed E-state index contributed by atoms with van der Waals surface area (Å²) in [5, 5.41) is 7.48. The van der Waals surface area contributed by atoms with Crippen LogP contribution < -0.4 is 10.6 Å². The monoisotopic (exact) mass is 346 g/mol. The number of carbonyl (C=O) groups excluding carboxylic acids is 2. The van der Waals surface area contributed by atoms with E-state index in [-0.39, 0.29) is 11.8 Å². The van der Waals surface area contributed by atoms with E-state index in [1.165, 1.54) is 0 Å². The van der Waals surface area contributed by atoms with E-state index >= 15 is 0 Å². The summed E-state index contributed by atoms with van der Waals surface area (Å²) in [4.78, 5) is 25.7. The summed E-state index contributed by atoms with van der Waals surface area (Å²) in [7, 11) is 3.20. The smallest absolute Gasteiger partial charge is 0.228 e. The van der Waals surface area contributed by atoms with Crippen molar-refractivity contribution in [2.24, 2.45) is 0 Å². The van der Waals surface area contributed by atoms with Crippen LogP contribution in [0.4, 0.5) is 0 Å². The third kappa shape index (κ3) is 3.31. The number of fused-ring (bicyclic) bond motifs is 1. The second-order valence-electron chi connectivity index (χ2n) is 6.16. The van der Waals surface area contributed by atoms with Crippen molar-refractivity contribution in [3.05, 3.63) is 83.9 Å². The highest BCUT2D eigenvalue weighted by atomic mass is 16.2. The Morgan fingerprint density at radius 3 is 1.96 bits per heavy atom. The largest absolute Gasteiger partial charge is 0.359 e. The summed E-state index contributed by atoms with van der Waals surface area (Å²) in [6.07, 6.45) is 0. The normalized spacial score (nSPS) is 13.0. The van der Waals surface area contributed by atoms with E-state index in [9.17, 15) is 9.59 Å². The van der Waals surface area contributed by atoms with Gasteiger partial charge in [0.15, 0.2) is 0 Å². The Balaban J connectivity index is 2.24. The van der Waals surface area contributed by atoms with Crippen molar-refractivity contribution in [1.82, 2.24) is 10.6 Å². The molecule has 0 spiro atoms. The van der Waals surface area contributed by atoms with E-state index in [0.29, 0.717) is 0 Å². The minimum Gasteiger partial charge on any atom is -0.359 e. The van der Waals surface area contributed by atoms with Crippen molar-refractivity contribution in [3.63, 3.8) is 0 Å². The van der Waals surface area contributed by atoms with Crippen LogP contribution in [0.1, 0.15) is 23.0 Å². The van der Waals surface area contributed by atoms with Crippen molar-refractivity contribution in [2.75, 3.05) is 14.1 Å². The molecule has 0 radical (unpaired) electrons. The molecule has 0 aliphatic heterocycles. The molecule has 3 aromatic rings. The number of carbonyl (C=O) groups is 2. The molecule has 3 rings (SSSR count). The Morgan fingerprint density at radius 1 is 0.692 bits per heavy atom. The second kappa shape index (κ2) is 7.83. The molecule has 0 fully saturated rings. The first-order valence-corrected chi connectivity index (χ1v) is 8.63. The Labute approximate surface area is 153 Å². The molecule has 0 aliphatic carbocycles. The van der Waals surface area contributed by atoms with Gasteiger partial charge in [-0.2, -0.15) is 0 Å². The number of rotatable bonds is 5. The van der Waals surface area contributed by atoms with E-state index in [1.54, 1.807) is 14.1 Å². The Hall–Kier alpha value is -3.14. The minimum atomic E-state index is -0.631. The number of benzene rings is 3. The van der Waals surface area contributed by atoms with E-state index < -0.39 is 11.8 Å². The maximum atomic E-state index is 12.9. The van der Waals surface area contributed by atoms with Gasteiger partial charge in [0.25, 0.3) is 0 Å². The van der Waals surface area contributed by atoms with E-state index in [4.69, 9.17) is 0 Å². The third-order valence-corrected chi connectivity index (χ3v) is 4.71. The van der Waals surface area contributed by atoms with Crippen LogP contribution in [0.5, 0.6) is 0 Å². The van der Waals surface area contributed by atoms with Gasteiger partial charge in [0.05, 0.1) is 11.8 Å². The zero-order valence-electron chi connectivity index (χ0n) is 14.9. The first kappa shape index (κ1) is 17.7. The molecule has 0 saturated heterocycles. The van der Waals surface area contributed by atoms with Crippen molar-refractivity contribution < 1.29 is 9.59 Å². The summed E-state index contributed by atoms with van der Waals surface area (Å²) in [6.45, 7) is 0. The van der Waals surface area contributed by atoms with Gasteiger partial charge in [-0.25, -0.2) is 0 Å². The summed E-state index contributed by atoms with van der Waals surface area (Å²) in [5.41, 5.74) is 1.66. The van der Waals surface area contributed by atoms with Crippen LogP contribution in [0.2, 0.25) is 0 Å². The van der Waals surface area contributed by atoms with Crippen LogP contribution in [-0.4, -0.2) is 25.9 Å². The molecular weight excluding hydrogens is 324 g/mol. The maximum absolute atomic E-state index is 12.9. The second-order valence-corrected chi connectivity index (χ2v) is 6.16. The van der Waals surface area contributed by atoms with Crippen molar-refractivity contribution >= 4 is 22.6 Å². The minimum absolute atomic E-state index is 0.182. The first-order chi connectivity index (χ1) is 12.7. The lowest BCUT2D eigenvalue weighted by atomic mass is 9.78. The van der Waals surface area contributed by atoms with Crippen LogP contribution in [0.25, 0.3) is 10.8 Å². The van der Waals surface area contributed by atoms with Gasteiger partial charge in [-0.15, -0.1) is 0 Å². The summed E-state index contributed by atoms with van der Waals surface area (Å²) in [6, 6.07) is 23.2. The van der Waals surface area contributed by atoms with Crippen molar-refractivity contribution in [2.45, 2.75) is 11.8 Å². The molecule has 0 aliphatic rings. The van der Waals surface area contributed by atoms with Crippen LogP contribution in [-0.2, 0) is 9.59 Å². The number of hydrogen-bond acceptors (Lipinski definition) is 2. The zero-order valence-corrected chi connectivity index (χ0v) is 14.9. The molecular formula is C22H22N2O2.